The molecule has 0 heterocycles. The van der Waals surface area contributed by atoms with Gasteiger partial charge in [-0.25, -0.2) is 0 Å². The first kappa shape index (κ1) is 12.5. The average Bonchev–Trinajstić information content (AvgIpc) is 2.20. The second kappa shape index (κ2) is 6.01. The maximum absolute atomic E-state index is 10.4. The Morgan fingerprint density at radius 2 is 2.07 bits per heavy atom. The lowest BCUT2D eigenvalue weighted by Crippen LogP contribution is -1.91. The van der Waals surface area contributed by atoms with Crippen molar-refractivity contribution in [3.63, 3.8) is 0 Å². The summed E-state index contributed by atoms with van der Waals surface area (Å²) in [6.45, 7) is 4.00. The van der Waals surface area contributed by atoms with Crippen LogP contribution in [0.15, 0.2) is 18.2 Å². The molecular formula is C10H10ClNO2. The zero-order valence-corrected chi connectivity index (χ0v) is 8.71. The Balaban J connectivity index is 0.000000791. The van der Waals surface area contributed by atoms with Gasteiger partial charge in [-0.15, -0.1) is 6.42 Å². The smallest absolute Gasteiger partial charge is 0.258 e. The van der Waals surface area contributed by atoms with E-state index in [1.807, 2.05) is 13.8 Å². The number of rotatable bonds is 1. The summed E-state index contributed by atoms with van der Waals surface area (Å²) < 4.78 is 0. The van der Waals surface area contributed by atoms with Crippen LogP contribution in [0.3, 0.4) is 0 Å². The molecule has 0 N–H and O–H groups in total. The van der Waals surface area contributed by atoms with Gasteiger partial charge in [-0.2, -0.15) is 0 Å². The van der Waals surface area contributed by atoms with Crippen molar-refractivity contribution in [3.8, 4) is 12.3 Å². The van der Waals surface area contributed by atoms with Crippen molar-refractivity contribution < 1.29 is 4.92 Å². The average molecular weight is 212 g/mol. The molecule has 0 aliphatic heterocycles. The Bertz CT molecular complexity index is 369. The Kier molecular flexibility index (Phi) is 5.35. The molecule has 4 heteroatoms. The van der Waals surface area contributed by atoms with Gasteiger partial charge in [0.05, 0.1) is 9.95 Å². The van der Waals surface area contributed by atoms with Crippen LogP contribution in [0.4, 0.5) is 5.69 Å². The molecule has 0 saturated carbocycles. The number of nitrogens with zero attached hydrogens (tertiary/aromatic N) is 1. The van der Waals surface area contributed by atoms with E-state index >= 15 is 0 Å². The van der Waals surface area contributed by atoms with Gasteiger partial charge in [-0.1, -0.05) is 37.4 Å². The van der Waals surface area contributed by atoms with Crippen LogP contribution in [0, 0.1) is 22.5 Å². The highest BCUT2D eigenvalue weighted by molar-refractivity contribution is 6.32. The first-order valence-electron chi connectivity index (χ1n) is 4.06. The molecule has 0 unspecified atom stereocenters. The molecule has 1 aromatic carbocycles. The number of nitro groups is 1. The van der Waals surface area contributed by atoms with Crippen molar-refractivity contribution >= 4 is 17.3 Å². The van der Waals surface area contributed by atoms with Crippen LogP contribution in [-0.4, -0.2) is 4.92 Å². The molecular weight excluding hydrogens is 202 g/mol. The maximum Gasteiger partial charge on any atom is 0.286 e. The summed E-state index contributed by atoms with van der Waals surface area (Å²) in [6.07, 6.45) is 5.05. The summed E-state index contributed by atoms with van der Waals surface area (Å²) in [5.41, 5.74) is -0.00540. The molecule has 0 saturated heterocycles. The third-order valence-corrected chi connectivity index (χ3v) is 1.65. The molecule has 74 valence electrons. The van der Waals surface area contributed by atoms with Crippen molar-refractivity contribution in [2.24, 2.45) is 0 Å². The normalized spacial score (nSPS) is 8.14. The summed E-state index contributed by atoms with van der Waals surface area (Å²) in [5.74, 6) is 2.17. The standard InChI is InChI=1S/C8H4ClNO2.C2H6/c1-2-6-7(9)4-3-5-8(6)10(11)12;1-2/h1,3-5H;1-2H3. The van der Waals surface area contributed by atoms with Gasteiger partial charge < -0.3 is 0 Å². The number of nitro benzene ring substituents is 1. The molecule has 0 aromatic heterocycles. The highest BCUT2D eigenvalue weighted by atomic mass is 35.5. The fraction of sp³-hybridized carbons (Fsp3) is 0.200. The maximum atomic E-state index is 10.4. The second-order valence-electron chi connectivity index (χ2n) is 2.04. The highest BCUT2D eigenvalue weighted by Crippen LogP contribution is 2.24. The Morgan fingerprint density at radius 1 is 1.50 bits per heavy atom. The van der Waals surface area contributed by atoms with Crippen LogP contribution >= 0.6 is 11.6 Å². The van der Waals surface area contributed by atoms with Crippen LogP contribution in [0.1, 0.15) is 19.4 Å². The van der Waals surface area contributed by atoms with E-state index in [4.69, 9.17) is 18.0 Å². The molecule has 1 rings (SSSR count). The zero-order valence-electron chi connectivity index (χ0n) is 7.95. The SMILES string of the molecule is C#Cc1c(Cl)cccc1[N+](=O)[O-].CC. The van der Waals surface area contributed by atoms with Gasteiger partial charge >= 0.3 is 0 Å². The summed E-state index contributed by atoms with van der Waals surface area (Å²) in [6, 6.07) is 4.33. The van der Waals surface area contributed by atoms with Crippen molar-refractivity contribution in [1.82, 2.24) is 0 Å². The minimum atomic E-state index is -0.554. The molecule has 14 heavy (non-hydrogen) atoms. The van der Waals surface area contributed by atoms with Gasteiger partial charge in [0.15, 0.2) is 0 Å². The second-order valence-corrected chi connectivity index (χ2v) is 2.44. The predicted octanol–water partition coefficient (Wildman–Crippen LogP) is 3.26. The first-order chi connectivity index (χ1) is 6.66. The third kappa shape index (κ3) is 2.75. The van der Waals surface area contributed by atoms with Gasteiger partial charge in [-0.05, 0) is 6.07 Å². The number of halogens is 1. The molecule has 0 amide bonds. The fourth-order valence-electron chi connectivity index (χ4n) is 0.808. The van der Waals surface area contributed by atoms with Crippen LogP contribution in [0.2, 0.25) is 5.02 Å². The molecule has 0 atom stereocenters. The number of hydrogen-bond acceptors (Lipinski definition) is 2. The van der Waals surface area contributed by atoms with E-state index in [-0.39, 0.29) is 16.3 Å². The summed E-state index contributed by atoms with van der Waals surface area (Å²) >= 11 is 5.63. The van der Waals surface area contributed by atoms with Crippen molar-refractivity contribution in [2.45, 2.75) is 13.8 Å². The van der Waals surface area contributed by atoms with Crippen LogP contribution in [0.5, 0.6) is 0 Å². The van der Waals surface area contributed by atoms with E-state index in [1.165, 1.54) is 18.2 Å². The fourth-order valence-corrected chi connectivity index (χ4v) is 1.03. The van der Waals surface area contributed by atoms with Gasteiger partial charge in [-0.3, -0.25) is 10.1 Å². The topological polar surface area (TPSA) is 43.1 Å². The Hall–Kier alpha value is -1.53. The molecule has 0 bridgehead atoms. The van der Waals surface area contributed by atoms with Crippen LogP contribution < -0.4 is 0 Å². The molecule has 0 aliphatic carbocycles. The molecule has 3 nitrogen and oxygen atoms in total. The summed E-state index contributed by atoms with van der Waals surface area (Å²) in [5, 5.41) is 10.6. The summed E-state index contributed by atoms with van der Waals surface area (Å²) in [4.78, 5) is 9.83. The Morgan fingerprint density at radius 3 is 2.43 bits per heavy atom. The number of hydrogen-bond donors (Lipinski definition) is 0. The predicted molar refractivity (Wildman–Crippen MR) is 57.4 cm³/mol. The van der Waals surface area contributed by atoms with Gasteiger partial charge in [0, 0.05) is 6.07 Å². The summed E-state index contributed by atoms with van der Waals surface area (Å²) in [7, 11) is 0. The quantitative estimate of drug-likeness (QED) is 0.407. The van der Waals surface area contributed by atoms with E-state index in [1.54, 1.807) is 0 Å². The van der Waals surface area contributed by atoms with Crippen molar-refractivity contribution in [1.29, 1.82) is 0 Å². The monoisotopic (exact) mass is 211 g/mol. The van der Waals surface area contributed by atoms with Crippen LogP contribution in [-0.2, 0) is 0 Å². The number of terminal acetylenes is 1. The highest BCUT2D eigenvalue weighted by Gasteiger charge is 2.13. The molecule has 0 fully saturated rings. The molecule has 0 aliphatic rings. The van der Waals surface area contributed by atoms with Crippen molar-refractivity contribution in [3.05, 3.63) is 38.9 Å². The Labute approximate surface area is 87.9 Å². The van der Waals surface area contributed by atoms with E-state index < -0.39 is 4.92 Å². The lowest BCUT2D eigenvalue weighted by Gasteiger charge is -1.96. The minimum Gasteiger partial charge on any atom is -0.258 e. The van der Waals surface area contributed by atoms with Gasteiger partial charge in [0.25, 0.3) is 5.69 Å². The van der Waals surface area contributed by atoms with E-state index in [9.17, 15) is 10.1 Å². The minimum absolute atomic E-state index is 0.129. The molecule has 1 aromatic rings. The van der Waals surface area contributed by atoms with Crippen LogP contribution in [0.25, 0.3) is 0 Å². The third-order valence-electron chi connectivity index (χ3n) is 1.33. The van der Waals surface area contributed by atoms with E-state index in [0.717, 1.165) is 0 Å². The largest absolute Gasteiger partial charge is 0.286 e. The zero-order chi connectivity index (χ0) is 11.1. The molecule has 0 radical (unpaired) electrons. The number of benzene rings is 1. The van der Waals surface area contributed by atoms with Gasteiger partial charge in [0.2, 0.25) is 0 Å². The van der Waals surface area contributed by atoms with Gasteiger partial charge in [0.1, 0.15) is 5.56 Å². The van der Waals surface area contributed by atoms with E-state index in [0.29, 0.717) is 0 Å². The lowest BCUT2D eigenvalue weighted by molar-refractivity contribution is -0.385. The lowest BCUT2D eigenvalue weighted by atomic mass is 10.2. The van der Waals surface area contributed by atoms with Crippen molar-refractivity contribution in [2.75, 3.05) is 0 Å². The first-order valence-corrected chi connectivity index (χ1v) is 4.44. The van der Waals surface area contributed by atoms with E-state index in [2.05, 4.69) is 5.92 Å². The molecule has 0 spiro atoms.